The predicted octanol–water partition coefficient (Wildman–Crippen LogP) is 2.30. The van der Waals surface area contributed by atoms with E-state index in [4.69, 9.17) is 0 Å². The molecule has 0 aromatic carbocycles. The number of fused-ring (bicyclic) bond motifs is 1. The van der Waals surface area contributed by atoms with Gasteiger partial charge in [0.25, 0.3) is 5.91 Å². The molecule has 3 atom stereocenters. The van der Waals surface area contributed by atoms with Gasteiger partial charge >= 0.3 is 0 Å². The molecule has 9 heteroatoms. The highest BCUT2D eigenvalue weighted by atomic mass is 32.1. The number of nitriles is 1. The van der Waals surface area contributed by atoms with Crippen molar-refractivity contribution in [2.75, 3.05) is 6.54 Å². The summed E-state index contributed by atoms with van der Waals surface area (Å²) in [7, 11) is 0. The number of H-pyrrole nitrogens is 1. The van der Waals surface area contributed by atoms with Gasteiger partial charge < -0.3 is 20.9 Å². The summed E-state index contributed by atoms with van der Waals surface area (Å²) in [5.74, 6) is -1.16. The Bertz CT molecular complexity index is 952. The summed E-state index contributed by atoms with van der Waals surface area (Å²) in [4.78, 5) is 40.6. The minimum Gasteiger partial charge on any atom is -0.356 e. The minimum atomic E-state index is -0.799. The third kappa shape index (κ3) is 5.39. The van der Waals surface area contributed by atoms with E-state index in [1.807, 2.05) is 32.2 Å². The Morgan fingerprint density at radius 1 is 1.37 bits per heavy atom. The van der Waals surface area contributed by atoms with Gasteiger partial charge in [0.1, 0.15) is 17.8 Å². The van der Waals surface area contributed by atoms with E-state index < -0.39 is 18.0 Å². The maximum atomic E-state index is 12.9. The van der Waals surface area contributed by atoms with Crippen LogP contribution in [0.3, 0.4) is 0 Å². The number of amides is 3. The number of thiophene rings is 1. The van der Waals surface area contributed by atoms with Gasteiger partial charge in [-0.25, -0.2) is 0 Å². The molecule has 1 aliphatic heterocycles. The van der Waals surface area contributed by atoms with Gasteiger partial charge in [-0.1, -0.05) is 20.8 Å². The standard InChI is InChI=1S/C21H27N5O3S/c1-21(2,3)10-16(26-19(28)15-9-17-14(25-15)5-7-30-17)20(29)24-13(11-22)8-12-4-6-23-18(12)27/h5,7,9,12-13,16,25H,4,6,8,10H2,1-3H3,(H,23,27)(H,24,29)(H,26,28)/t12-,13-,16-/m0/s1. The van der Waals surface area contributed by atoms with E-state index in [0.29, 0.717) is 25.1 Å². The molecule has 0 saturated carbocycles. The number of aromatic amines is 1. The molecule has 0 radical (unpaired) electrons. The number of aromatic nitrogens is 1. The lowest BCUT2D eigenvalue weighted by molar-refractivity contribution is -0.125. The summed E-state index contributed by atoms with van der Waals surface area (Å²) in [6.07, 6.45) is 1.32. The van der Waals surface area contributed by atoms with E-state index in [1.54, 1.807) is 6.07 Å². The molecule has 0 unspecified atom stereocenters. The van der Waals surface area contributed by atoms with Gasteiger partial charge in [0.05, 0.1) is 16.3 Å². The molecule has 0 spiro atoms. The Balaban J connectivity index is 1.69. The third-order valence-corrected chi connectivity index (χ3v) is 5.94. The van der Waals surface area contributed by atoms with E-state index in [0.717, 1.165) is 10.2 Å². The monoisotopic (exact) mass is 429 g/mol. The van der Waals surface area contributed by atoms with Crippen LogP contribution in [0.15, 0.2) is 17.5 Å². The first kappa shape index (κ1) is 21.8. The topological polar surface area (TPSA) is 127 Å². The lowest BCUT2D eigenvalue weighted by Gasteiger charge is -2.27. The normalized spacial score (nSPS) is 18.5. The second-order valence-corrected chi connectivity index (χ2v) is 9.82. The fourth-order valence-corrected chi connectivity index (χ4v) is 4.38. The average Bonchev–Trinajstić information content (AvgIpc) is 3.36. The predicted molar refractivity (Wildman–Crippen MR) is 115 cm³/mol. The summed E-state index contributed by atoms with van der Waals surface area (Å²) in [5.41, 5.74) is 1.04. The van der Waals surface area contributed by atoms with Crippen molar-refractivity contribution in [3.8, 4) is 6.07 Å². The van der Waals surface area contributed by atoms with Crippen molar-refractivity contribution < 1.29 is 14.4 Å². The number of hydrogen-bond donors (Lipinski definition) is 4. The summed E-state index contributed by atoms with van der Waals surface area (Å²) in [5, 5.41) is 19.7. The second-order valence-electron chi connectivity index (χ2n) is 8.87. The van der Waals surface area contributed by atoms with Gasteiger partial charge in [-0.15, -0.1) is 11.3 Å². The SMILES string of the molecule is CC(C)(C)C[C@H](NC(=O)c1cc2sccc2[nH]1)C(=O)N[C@H](C#N)C[C@@H]1CCNC1=O. The zero-order valence-electron chi connectivity index (χ0n) is 17.4. The summed E-state index contributed by atoms with van der Waals surface area (Å²) >= 11 is 1.53. The zero-order chi connectivity index (χ0) is 21.9. The number of nitrogens with zero attached hydrogens (tertiary/aromatic N) is 1. The number of hydrogen-bond acceptors (Lipinski definition) is 5. The minimum absolute atomic E-state index is 0.0873. The molecule has 2 aromatic heterocycles. The summed E-state index contributed by atoms with van der Waals surface area (Å²) < 4.78 is 0.969. The van der Waals surface area contributed by atoms with Crippen molar-refractivity contribution in [2.45, 2.75) is 52.1 Å². The van der Waals surface area contributed by atoms with E-state index in [2.05, 4.69) is 27.0 Å². The van der Waals surface area contributed by atoms with E-state index in [-0.39, 0.29) is 29.6 Å². The van der Waals surface area contributed by atoms with Crippen LogP contribution in [0, 0.1) is 22.7 Å². The van der Waals surface area contributed by atoms with Crippen molar-refractivity contribution >= 4 is 39.3 Å². The molecule has 30 heavy (non-hydrogen) atoms. The molecule has 0 bridgehead atoms. The first-order valence-corrected chi connectivity index (χ1v) is 10.9. The van der Waals surface area contributed by atoms with Crippen LogP contribution in [0.1, 0.15) is 50.5 Å². The Hall–Kier alpha value is -2.86. The van der Waals surface area contributed by atoms with Crippen molar-refractivity contribution in [1.29, 1.82) is 5.26 Å². The third-order valence-electron chi connectivity index (χ3n) is 5.08. The van der Waals surface area contributed by atoms with E-state index in [9.17, 15) is 19.6 Å². The van der Waals surface area contributed by atoms with Crippen molar-refractivity contribution in [1.82, 2.24) is 20.9 Å². The first-order valence-electron chi connectivity index (χ1n) is 10.0. The summed E-state index contributed by atoms with van der Waals surface area (Å²) in [6, 6.07) is 4.14. The van der Waals surface area contributed by atoms with Gasteiger partial charge in [-0.05, 0) is 42.2 Å². The van der Waals surface area contributed by atoms with Crippen molar-refractivity contribution in [3.05, 3.63) is 23.2 Å². The Kier molecular flexibility index (Phi) is 6.46. The number of carbonyl (C=O) groups is 3. The maximum Gasteiger partial charge on any atom is 0.268 e. The highest BCUT2D eigenvalue weighted by molar-refractivity contribution is 7.17. The van der Waals surface area contributed by atoms with Crippen LogP contribution in [0.25, 0.3) is 10.2 Å². The lowest BCUT2D eigenvalue weighted by Crippen LogP contribution is -2.51. The van der Waals surface area contributed by atoms with Crippen LogP contribution in [0.5, 0.6) is 0 Å². The fraction of sp³-hybridized carbons (Fsp3) is 0.524. The molecule has 4 N–H and O–H groups in total. The van der Waals surface area contributed by atoms with Crippen LogP contribution in [-0.4, -0.2) is 41.3 Å². The Labute approximate surface area is 179 Å². The van der Waals surface area contributed by atoms with Crippen molar-refractivity contribution in [3.63, 3.8) is 0 Å². The van der Waals surface area contributed by atoms with Gasteiger partial charge in [-0.2, -0.15) is 5.26 Å². The zero-order valence-corrected chi connectivity index (χ0v) is 18.2. The van der Waals surface area contributed by atoms with Crippen LogP contribution >= 0.6 is 11.3 Å². The van der Waals surface area contributed by atoms with Gasteiger partial charge in [0, 0.05) is 12.5 Å². The van der Waals surface area contributed by atoms with E-state index in [1.165, 1.54) is 11.3 Å². The highest BCUT2D eigenvalue weighted by Crippen LogP contribution is 2.24. The smallest absolute Gasteiger partial charge is 0.268 e. The van der Waals surface area contributed by atoms with Crippen LogP contribution in [0.2, 0.25) is 0 Å². The summed E-state index contributed by atoms with van der Waals surface area (Å²) in [6.45, 7) is 6.53. The second kappa shape index (κ2) is 8.88. The molecule has 3 rings (SSSR count). The van der Waals surface area contributed by atoms with Crippen LogP contribution in [-0.2, 0) is 9.59 Å². The molecule has 1 fully saturated rings. The lowest BCUT2D eigenvalue weighted by atomic mass is 9.87. The maximum absolute atomic E-state index is 12.9. The molecule has 0 aliphatic carbocycles. The van der Waals surface area contributed by atoms with Gasteiger partial charge in [-0.3, -0.25) is 14.4 Å². The molecule has 3 amide bonds. The Morgan fingerprint density at radius 2 is 2.13 bits per heavy atom. The van der Waals surface area contributed by atoms with Gasteiger partial charge in [0.2, 0.25) is 11.8 Å². The number of rotatable bonds is 7. The highest BCUT2D eigenvalue weighted by Gasteiger charge is 2.31. The molecule has 3 heterocycles. The van der Waals surface area contributed by atoms with Crippen LogP contribution in [0.4, 0.5) is 0 Å². The van der Waals surface area contributed by atoms with Crippen molar-refractivity contribution in [2.24, 2.45) is 11.3 Å². The first-order chi connectivity index (χ1) is 14.2. The molecular formula is C21H27N5O3S. The number of carbonyl (C=O) groups excluding carboxylic acids is 3. The average molecular weight is 430 g/mol. The number of nitrogens with one attached hydrogen (secondary N) is 4. The van der Waals surface area contributed by atoms with Gasteiger partial charge in [0.15, 0.2) is 0 Å². The molecular weight excluding hydrogens is 402 g/mol. The van der Waals surface area contributed by atoms with Crippen LogP contribution < -0.4 is 16.0 Å². The molecule has 2 aromatic rings. The Morgan fingerprint density at radius 3 is 2.73 bits per heavy atom. The fourth-order valence-electron chi connectivity index (χ4n) is 3.60. The molecule has 160 valence electrons. The quantitative estimate of drug-likeness (QED) is 0.538. The largest absolute Gasteiger partial charge is 0.356 e. The van der Waals surface area contributed by atoms with E-state index >= 15 is 0 Å². The molecule has 1 aliphatic rings. The molecule has 1 saturated heterocycles. The molecule has 8 nitrogen and oxygen atoms in total.